The smallest absolute Gasteiger partial charge is 0.264 e. The SMILES string of the molecule is Cc1ccc(S(=O)(=O)N(CC(=O)NCCOc2cccc3ccccc23)c2ccccc2F)cc1. The Hall–Kier alpha value is -3.91. The molecule has 0 bridgehead atoms. The minimum absolute atomic E-state index is 0.0292. The normalized spacial score (nSPS) is 11.3. The summed E-state index contributed by atoms with van der Waals surface area (Å²) in [6.45, 7) is 1.59. The van der Waals surface area contributed by atoms with Crippen LogP contribution in [0.3, 0.4) is 0 Å². The summed E-state index contributed by atoms with van der Waals surface area (Å²) in [6.07, 6.45) is 0. The van der Waals surface area contributed by atoms with E-state index >= 15 is 0 Å². The number of nitrogens with zero attached hydrogens (tertiary/aromatic N) is 1. The molecule has 1 N–H and O–H groups in total. The lowest BCUT2D eigenvalue weighted by atomic mass is 10.1. The predicted octanol–water partition coefficient (Wildman–Crippen LogP) is 4.68. The molecule has 180 valence electrons. The van der Waals surface area contributed by atoms with Crippen molar-refractivity contribution in [1.29, 1.82) is 0 Å². The first kappa shape index (κ1) is 24.2. The van der Waals surface area contributed by atoms with Crippen molar-refractivity contribution in [1.82, 2.24) is 5.32 Å². The molecule has 4 aromatic carbocycles. The van der Waals surface area contributed by atoms with E-state index in [2.05, 4.69) is 5.32 Å². The van der Waals surface area contributed by atoms with Gasteiger partial charge in [0.1, 0.15) is 24.7 Å². The lowest BCUT2D eigenvalue weighted by Crippen LogP contribution is -2.42. The number of carbonyl (C=O) groups is 1. The van der Waals surface area contributed by atoms with Crippen LogP contribution in [0.4, 0.5) is 10.1 Å². The van der Waals surface area contributed by atoms with Crippen molar-refractivity contribution in [2.45, 2.75) is 11.8 Å². The number of anilines is 1. The van der Waals surface area contributed by atoms with E-state index < -0.39 is 28.3 Å². The molecule has 0 saturated carbocycles. The van der Waals surface area contributed by atoms with Crippen molar-refractivity contribution in [2.24, 2.45) is 0 Å². The minimum Gasteiger partial charge on any atom is -0.491 e. The Bertz CT molecular complexity index is 1430. The third-order valence-electron chi connectivity index (χ3n) is 5.45. The van der Waals surface area contributed by atoms with Crippen molar-refractivity contribution in [3.8, 4) is 5.75 Å². The number of benzene rings is 4. The first-order valence-electron chi connectivity index (χ1n) is 11.1. The van der Waals surface area contributed by atoms with Crippen LogP contribution in [0.1, 0.15) is 5.56 Å². The van der Waals surface area contributed by atoms with Crippen LogP contribution in [-0.4, -0.2) is 34.0 Å². The second-order valence-corrected chi connectivity index (χ2v) is 9.81. The number of amides is 1. The molecule has 0 aromatic heterocycles. The van der Waals surface area contributed by atoms with E-state index in [-0.39, 0.29) is 23.7 Å². The van der Waals surface area contributed by atoms with Crippen LogP contribution in [0.15, 0.2) is 95.9 Å². The van der Waals surface area contributed by atoms with Gasteiger partial charge in [-0.3, -0.25) is 9.10 Å². The van der Waals surface area contributed by atoms with Gasteiger partial charge in [0.2, 0.25) is 5.91 Å². The molecule has 0 radical (unpaired) electrons. The van der Waals surface area contributed by atoms with Gasteiger partial charge in [-0.25, -0.2) is 12.8 Å². The van der Waals surface area contributed by atoms with Gasteiger partial charge in [0.05, 0.1) is 17.1 Å². The van der Waals surface area contributed by atoms with Crippen molar-refractivity contribution < 1.29 is 22.3 Å². The fourth-order valence-electron chi connectivity index (χ4n) is 3.65. The summed E-state index contributed by atoms with van der Waals surface area (Å²) in [5.41, 5.74) is 0.681. The van der Waals surface area contributed by atoms with Gasteiger partial charge in [0.25, 0.3) is 10.0 Å². The van der Waals surface area contributed by atoms with E-state index in [9.17, 15) is 17.6 Å². The van der Waals surface area contributed by atoms with E-state index in [1.807, 2.05) is 49.4 Å². The average molecular weight is 493 g/mol. The summed E-state index contributed by atoms with van der Waals surface area (Å²) < 4.78 is 47.8. The summed E-state index contributed by atoms with van der Waals surface area (Å²) in [6, 6.07) is 25.2. The number of hydrogen-bond acceptors (Lipinski definition) is 4. The molecule has 0 fully saturated rings. The number of ether oxygens (including phenoxy) is 1. The monoisotopic (exact) mass is 492 g/mol. The highest BCUT2D eigenvalue weighted by Gasteiger charge is 2.29. The van der Waals surface area contributed by atoms with E-state index in [1.165, 1.54) is 30.3 Å². The Balaban J connectivity index is 1.45. The van der Waals surface area contributed by atoms with Crippen molar-refractivity contribution >= 4 is 32.4 Å². The molecule has 0 heterocycles. The molecule has 1 amide bonds. The highest BCUT2D eigenvalue weighted by molar-refractivity contribution is 7.92. The highest BCUT2D eigenvalue weighted by atomic mass is 32.2. The van der Waals surface area contributed by atoms with E-state index in [0.717, 1.165) is 26.7 Å². The standard InChI is InChI=1S/C27H25FN2O4S/c1-20-13-15-22(16-14-20)35(32,33)30(25-11-5-4-10-24(25)28)19-27(31)29-17-18-34-26-12-6-8-21-7-2-3-9-23(21)26/h2-16H,17-19H2,1H3,(H,29,31). The minimum atomic E-state index is -4.19. The summed E-state index contributed by atoms with van der Waals surface area (Å²) in [5.74, 6) is -0.631. The quantitative estimate of drug-likeness (QED) is 0.344. The molecule has 35 heavy (non-hydrogen) atoms. The number of halogens is 1. The first-order valence-corrected chi connectivity index (χ1v) is 12.5. The molecule has 0 aliphatic rings. The van der Waals surface area contributed by atoms with Gasteiger partial charge >= 0.3 is 0 Å². The Kier molecular flexibility index (Phi) is 7.31. The Labute approximate surface area is 204 Å². The molecule has 0 aliphatic heterocycles. The Morgan fingerprint density at radius 3 is 2.37 bits per heavy atom. The second kappa shape index (κ2) is 10.6. The van der Waals surface area contributed by atoms with E-state index in [4.69, 9.17) is 4.74 Å². The fraction of sp³-hybridized carbons (Fsp3) is 0.148. The molecule has 6 nitrogen and oxygen atoms in total. The van der Waals surface area contributed by atoms with Crippen molar-refractivity contribution in [3.05, 3.63) is 102 Å². The topological polar surface area (TPSA) is 75.7 Å². The van der Waals surface area contributed by atoms with Gasteiger partial charge in [0.15, 0.2) is 0 Å². The zero-order chi connectivity index (χ0) is 24.8. The number of aryl methyl sites for hydroxylation is 1. The third kappa shape index (κ3) is 5.60. The lowest BCUT2D eigenvalue weighted by molar-refractivity contribution is -0.119. The molecule has 0 unspecified atom stereocenters. The molecule has 0 aliphatic carbocycles. The number of fused-ring (bicyclic) bond motifs is 1. The van der Waals surface area contributed by atoms with Gasteiger partial charge in [-0.1, -0.05) is 66.2 Å². The highest BCUT2D eigenvalue weighted by Crippen LogP contribution is 2.27. The maximum atomic E-state index is 14.6. The van der Waals surface area contributed by atoms with Gasteiger partial charge in [-0.05, 0) is 42.6 Å². The zero-order valence-corrected chi connectivity index (χ0v) is 20.0. The number of nitrogens with one attached hydrogen (secondary N) is 1. The Morgan fingerprint density at radius 1 is 0.914 bits per heavy atom. The molecular weight excluding hydrogens is 467 g/mol. The van der Waals surface area contributed by atoms with Crippen molar-refractivity contribution in [2.75, 3.05) is 24.0 Å². The lowest BCUT2D eigenvalue weighted by Gasteiger charge is -2.24. The maximum Gasteiger partial charge on any atom is 0.264 e. The number of carbonyl (C=O) groups excluding carboxylic acids is 1. The van der Waals surface area contributed by atoms with Gasteiger partial charge in [-0.2, -0.15) is 0 Å². The van der Waals surface area contributed by atoms with Crippen LogP contribution in [0, 0.1) is 12.7 Å². The van der Waals surface area contributed by atoms with Gasteiger partial charge in [-0.15, -0.1) is 0 Å². The average Bonchev–Trinajstić information content (AvgIpc) is 2.86. The molecule has 4 aromatic rings. The van der Waals surface area contributed by atoms with Crippen LogP contribution in [0.2, 0.25) is 0 Å². The van der Waals surface area contributed by atoms with Gasteiger partial charge in [0, 0.05) is 5.39 Å². The second-order valence-electron chi connectivity index (χ2n) is 7.95. The molecule has 8 heteroatoms. The molecule has 0 atom stereocenters. The predicted molar refractivity (Wildman–Crippen MR) is 135 cm³/mol. The van der Waals surface area contributed by atoms with Crippen LogP contribution >= 0.6 is 0 Å². The molecular formula is C27H25FN2O4S. The van der Waals surface area contributed by atoms with Crippen LogP contribution in [0.25, 0.3) is 10.8 Å². The van der Waals surface area contributed by atoms with E-state index in [0.29, 0.717) is 5.75 Å². The summed E-state index contributed by atoms with van der Waals surface area (Å²) in [4.78, 5) is 12.7. The number of rotatable bonds is 9. The van der Waals surface area contributed by atoms with Crippen molar-refractivity contribution in [3.63, 3.8) is 0 Å². The third-order valence-corrected chi connectivity index (χ3v) is 7.22. The van der Waals surface area contributed by atoms with Crippen LogP contribution in [-0.2, 0) is 14.8 Å². The molecule has 0 saturated heterocycles. The largest absolute Gasteiger partial charge is 0.491 e. The summed E-state index contributed by atoms with van der Waals surface area (Å²) in [5, 5.41) is 4.65. The van der Waals surface area contributed by atoms with E-state index in [1.54, 1.807) is 12.1 Å². The zero-order valence-electron chi connectivity index (χ0n) is 19.1. The number of hydrogen-bond donors (Lipinski definition) is 1. The molecule has 0 spiro atoms. The van der Waals surface area contributed by atoms with Crippen LogP contribution in [0.5, 0.6) is 5.75 Å². The fourth-order valence-corrected chi connectivity index (χ4v) is 5.08. The van der Waals surface area contributed by atoms with Gasteiger partial charge < -0.3 is 10.1 Å². The summed E-state index contributed by atoms with van der Waals surface area (Å²) in [7, 11) is -4.19. The first-order chi connectivity index (χ1) is 16.9. The number of para-hydroxylation sites is 1. The summed E-state index contributed by atoms with van der Waals surface area (Å²) >= 11 is 0. The molecule has 4 rings (SSSR count). The Morgan fingerprint density at radius 2 is 1.60 bits per heavy atom. The number of sulfonamides is 1. The maximum absolute atomic E-state index is 14.6. The van der Waals surface area contributed by atoms with Crippen LogP contribution < -0.4 is 14.4 Å².